The maximum Gasteiger partial charge on any atom is 0.325 e. The molecule has 1 saturated heterocycles. The zero-order valence-corrected chi connectivity index (χ0v) is 10.4. The smallest absolute Gasteiger partial charge is 0.325 e. The van der Waals surface area contributed by atoms with Crippen molar-refractivity contribution in [2.75, 3.05) is 25.5 Å². The quantitative estimate of drug-likeness (QED) is 0.699. The molecule has 2 rings (SSSR count). The maximum atomic E-state index is 11.5. The molecule has 1 aliphatic carbocycles. The molecule has 0 aromatic heterocycles. The largest absolute Gasteiger partial charge is 0.480 e. The molecule has 5 heteroatoms. The first kappa shape index (κ1) is 12.2. The molecule has 2 fully saturated rings. The molecule has 2 aliphatic rings. The summed E-state index contributed by atoms with van der Waals surface area (Å²) >= 11 is 1.74. The molecule has 0 bridgehead atoms. The number of carboxylic acid groups (broad SMARTS) is 1. The molecule has 4 nitrogen and oxygen atoms in total. The van der Waals surface area contributed by atoms with Crippen molar-refractivity contribution in [2.24, 2.45) is 5.92 Å². The number of ether oxygens (including phenoxy) is 1. The molecule has 1 saturated carbocycles. The van der Waals surface area contributed by atoms with Crippen LogP contribution in [-0.2, 0) is 9.53 Å². The molecular weight excluding hydrogens is 226 g/mol. The van der Waals surface area contributed by atoms with Crippen LogP contribution < -0.4 is 5.32 Å². The average molecular weight is 245 g/mol. The van der Waals surface area contributed by atoms with Crippen molar-refractivity contribution < 1.29 is 14.6 Å². The first-order chi connectivity index (χ1) is 7.69. The summed E-state index contributed by atoms with van der Waals surface area (Å²) in [5, 5.41) is 13.2. The van der Waals surface area contributed by atoms with Crippen LogP contribution >= 0.6 is 11.8 Å². The molecule has 1 heterocycles. The van der Waals surface area contributed by atoms with Crippen molar-refractivity contribution in [3.63, 3.8) is 0 Å². The lowest BCUT2D eigenvalue weighted by Gasteiger charge is -2.33. The summed E-state index contributed by atoms with van der Waals surface area (Å²) < 4.78 is 5.11. The Kier molecular flexibility index (Phi) is 3.77. The second kappa shape index (κ2) is 4.94. The van der Waals surface area contributed by atoms with E-state index in [4.69, 9.17) is 4.74 Å². The summed E-state index contributed by atoms with van der Waals surface area (Å²) in [6.07, 6.45) is 2.09. The van der Waals surface area contributed by atoms with Gasteiger partial charge in [0.2, 0.25) is 0 Å². The molecule has 0 aromatic rings. The van der Waals surface area contributed by atoms with E-state index < -0.39 is 11.5 Å². The summed E-state index contributed by atoms with van der Waals surface area (Å²) in [7, 11) is 0. The Morgan fingerprint density at radius 3 is 2.62 bits per heavy atom. The van der Waals surface area contributed by atoms with Gasteiger partial charge in [-0.05, 0) is 25.3 Å². The third-order valence-electron chi connectivity index (χ3n) is 3.30. The number of aliphatic carboxylic acids is 1. The predicted octanol–water partition coefficient (Wildman–Crippen LogP) is 0.961. The molecule has 0 aromatic carbocycles. The van der Waals surface area contributed by atoms with E-state index in [1.165, 1.54) is 0 Å². The molecule has 0 spiro atoms. The SMILES string of the molecule is CCNC(CSC1COC1)(C(=O)O)C1CC1. The molecule has 2 N–H and O–H groups in total. The third-order valence-corrected chi connectivity index (χ3v) is 4.67. The Bertz CT molecular complexity index is 266. The molecule has 0 amide bonds. The van der Waals surface area contributed by atoms with E-state index in [-0.39, 0.29) is 0 Å². The van der Waals surface area contributed by atoms with Crippen LogP contribution in [0.15, 0.2) is 0 Å². The molecule has 92 valence electrons. The Morgan fingerprint density at radius 1 is 1.56 bits per heavy atom. The first-order valence-electron chi connectivity index (χ1n) is 5.87. The van der Waals surface area contributed by atoms with Gasteiger partial charge in [-0.1, -0.05) is 6.92 Å². The van der Waals surface area contributed by atoms with E-state index in [9.17, 15) is 9.90 Å². The summed E-state index contributed by atoms with van der Waals surface area (Å²) in [6, 6.07) is 0. The number of carbonyl (C=O) groups is 1. The number of nitrogens with one attached hydrogen (secondary N) is 1. The minimum Gasteiger partial charge on any atom is -0.480 e. The standard InChI is InChI=1S/C11H19NO3S/c1-2-12-11(10(13)14,8-3-4-8)7-16-9-5-15-6-9/h8-9,12H,2-7H2,1H3,(H,13,14). The van der Waals surface area contributed by atoms with E-state index in [1.54, 1.807) is 11.8 Å². The normalized spacial score (nSPS) is 24.8. The fourth-order valence-electron chi connectivity index (χ4n) is 2.08. The van der Waals surface area contributed by atoms with E-state index in [1.807, 2.05) is 6.92 Å². The number of hydrogen-bond acceptors (Lipinski definition) is 4. The van der Waals surface area contributed by atoms with Gasteiger partial charge in [0.15, 0.2) is 0 Å². The van der Waals surface area contributed by atoms with Gasteiger partial charge < -0.3 is 15.2 Å². The third kappa shape index (κ3) is 2.36. The number of hydrogen-bond donors (Lipinski definition) is 2. The van der Waals surface area contributed by atoms with Crippen LogP contribution in [0.5, 0.6) is 0 Å². The summed E-state index contributed by atoms with van der Waals surface area (Å²) in [4.78, 5) is 11.5. The monoisotopic (exact) mass is 245 g/mol. The van der Waals surface area contributed by atoms with Gasteiger partial charge in [-0.25, -0.2) is 0 Å². The Morgan fingerprint density at radius 2 is 2.25 bits per heavy atom. The van der Waals surface area contributed by atoms with Crippen LogP contribution in [0.3, 0.4) is 0 Å². The highest BCUT2D eigenvalue weighted by molar-refractivity contribution is 8.00. The number of carboxylic acids is 1. The van der Waals surface area contributed by atoms with Crippen molar-refractivity contribution in [3.8, 4) is 0 Å². The van der Waals surface area contributed by atoms with Gasteiger partial charge in [-0.2, -0.15) is 11.8 Å². The maximum absolute atomic E-state index is 11.5. The highest BCUT2D eigenvalue weighted by atomic mass is 32.2. The van der Waals surface area contributed by atoms with Crippen LogP contribution in [0, 0.1) is 5.92 Å². The molecule has 1 aliphatic heterocycles. The van der Waals surface area contributed by atoms with Gasteiger partial charge in [0.05, 0.1) is 18.5 Å². The lowest BCUT2D eigenvalue weighted by molar-refractivity contribution is -0.144. The first-order valence-corrected chi connectivity index (χ1v) is 6.91. The van der Waals surface area contributed by atoms with E-state index in [2.05, 4.69) is 5.32 Å². The van der Waals surface area contributed by atoms with E-state index in [0.717, 1.165) is 26.1 Å². The second-order valence-electron chi connectivity index (χ2n) is 4.55. The van der Waals surface area contributed by atoms with Crippen LogP contribution in [0.25, 0.3) is 0 Å². The van der Waals surface area contributed by atoms with Gasteiger partial charge >= 0.3 is 5.97 Å². The fourth-order valence-corrected chi connectivity index (χ4v) is 3.42. The Balaban J connectivity index is 1.95. The Hall–Kier alpha value is -0.260. The van der Waals surface area contributed by atoms with Gasteiger partial charge in [0, 0.05) is 5.75 Å². The second-order valence-corrected chi connectivity index (χ2v) is 5.84. The van der Waals surface area contributed by atoms with Crippen molar-refractivity contribution >= 4 is 17.7 Å². The van der Waals surface area contributed by atoms with Gasteiger partial charge in [0.25, 0.3) is 0 Å². The topological polar surface area (TPSA) is 58.6 Å². The fraction of sp³-hybridized carbons (Fsp3) is 0.909. The number of likely N-dealkylation sites (N-methyl/N-ethyl adjacent to an activating group) is 1. The van der Waals surface area contributed by atoms with E-state index in [0.29, 0.717) is 23.5 Å². The molecule has 1 atom stereocenters. The van der Waals surface area contributed by atoms with Gasteiger partial charge in [-0.3, -0.25) is 4.79 Å². The minimum atomic E-state index is -0.699. The summed E-state index contributed by atoms with van der Waals surface area (Å²) in [5.74, 6) is 0.289. The molecule has 16 heavy (non-hydrogen) atoms. The number of rotatable bonds is 7. The van der Waals surface area contributed by atoms with Crippen LogP contribution in [-0.4, -0.2) is 47.4 Å². The van der Waals surface area contributed by atoms with Crippen molar-refractivity contribution in [1.29, 1.82) is 0 Å². The van der Waals surface area contributed by atoms with E-state index >= 15 is 0 Å². The lowest BCUT2D eigenvalue weighted by Crippen LogP contribution is -2.56. The Labute approximate surface area is 100 Å². The van der Waals surface area contributed by atoms with Crippen LogP contribution in [0.1, 0.15) is 19.8 Å². The average Bonchev–Trinajstić information content (AvgIpc) is 2.96. The van der Waals surface area contributed by atoms with Crippen molar-refractivity contribution in [3.05, 3.63) is 0 Å². The molecular formula is C11H19NO3S. The molecule has 1 unspecified atom stereocenters. The summed E-state index contributed by atoms with van der Waals surface area (Å²) in [6.45, 7) is 4.23. The van der Waals surface area contributed by atoms with Gasteiger partial charge in [-0.15, -0.1) is 0 Å². The zero-order valence-electron chi connectivity index (χ0n) is 9.57. The highest BCUT2D eigenvalue weighted by Gasteiger charge is 2.51. The van der Waals surface area contributed by atoms with Crippen molar-refractivity contribution in [1.82, 2.24) is 5.32 Å². The number of thioether (sulfide) groups is 1. The van der Waals surface area contributed by atoms with Crippen LogP contribution in [0.4, 0.5) is 0 Å². The lowest BCUT2D eigenvalue weighted by atomic mass is 9.96. The molecule has 0 radical (unpaired) electrons. The summed E-state index contributed by atoms with van der Waals surface area (Å²) in [5.41, 5.74) is -0.699. The minimum absolute atomic E-state index is 0.318. The van der Waals surface area contributed by atoms with Crippen molar-refractivity contribution in [2.45, 2.75) is 30.6 Å². The predicted molar refractivity (Wildman–Crippen MR) is 63.8 cm³/mol. The van der Waals surface area contributed by atoms with Gasteiger partial charge in [0.1, 0.15) is 5.54 Å². The van der Waals surface area contributed by atoms with Crippen LogP contribution in [0.2, 0.25) is 0 Å². The highest BCUT2D eigenvalue weighted by Crippen LogP contribution is 2.42. The zero-order chi connectivity index (χ0) is 11.6.